The third kappa shape index (κ3) is 3.54. The predicted molar refractivity (Wildman–Crippen MR) is 115 cm³/mol. The zero-order valence-corrected chi connectivity index (χ0v) is 17.0. The van der Waals surface area contributed by atoms with Crippen LogP contribution in [0.15, 0.2) is 62.3 Å². The maximum Gasteiger partial charge on any atom is 0.235 e. The van der Waals surface area contributed by atoms with Gasteiger partial charge in [0.2, 0.25) is 11.2 Å². The highest BCUT2D eigenvalue weighted by molar-refractivity contribution is 9.10. The lowest BCUT2D eigenvalue weighted by atomic mass is 10.1. The number of rotatable bonds is 5. The van der Waals surface area contributed by atoms with E-state index < -0.39 is 11.2 Å². The topological polar surface area (TPSA) is 101 Å². The molecule has 142 valence electrons. The Hall–Kier alpha value is -2.68. The molecule has 4 rings (SSSR count). The van der Waals surface area contributed by atoms with Crippen LogP contribution in [0.25, 0.3) is 21.6 Å². The normalized spacial score (nSPS) is 11.1. The second kappa shape index (κ2) is 7.75. The van der Waals surface area contributed by atoms with Gasteiger partial charge in [-0.15, -0.1) is 0 Å². The first-order valence-electron chi connectivity index (χ1n) is 8.49. The minimum atomic E-state index is -0.501. The molecule has 2 heterocycles. The highest BCUT2D eigenvalue weighted by Crippen LogP contribution is 2.37. The lowest BCUT2D eigenvalue weighted by molar-refractivity contribution is 0.449. The van der Waals surface area contributed by atoms with Crippen LogP contribution >= 0.6 is 27.3 Å². The van der Waals surface area contributed by atoms with Crippen molar-refractivity contribution in [3.05, 3.63) is 74.5 Å². The number of nitrogens with one attached hydrogen (secondary N) is 1. The molecule has 0 unspecified atom stereocenters. The van der Waals surface area contributed by atoms with Crippen molar-refractivity contribution in [1.82, 2.24) is 4.98 Å². The van der Waals surface area contributed by atoms with Gasteiger partial charge < -0.3 is 20.6 Å². The number of thiazole rings is 1. The molecule has 6 nitrogen and oxygen atoms in total. The number of benzene rings is 2. The Morgan fingerprint density at radius 3 is 2.75 bits per heavy atom. The van der Waals surface area contributed by atoms with Crippen LogP contribution in [0.3, 0.4) is 0 Å². The van der Waals surface area contributed by atoms with Crippen LogP contribution < -0.4 is 16.5 Å². The fourth-order valence-electron chi connectivity index (χ4n) is 2.82. The van der Waals surface area contributed by atoms with Gasteiger partial charge in [0.15, 0.2) is 16.5 Å². The van der Waals surface area contributed by atoms with Gasteiger partial charge in [-0.05, 0) is 39.2 Å². The van der Waals surface area contributed by atoms with E-state index in [4.69, 9.17) is 10.2 Å². The first-order chi connectivity index (χ1) is 13.6. The van der Waals surface area contributed by atoms with Gasteiger partial charge in [0.1, 0.15) is 0 Å². The van der Waals surface area contributed by atoms with Crippen LogP contribution in [0.4, 0.5) is 5.13 Å². The molecular weight excluding hydrogens is 442 g/mol. The second-order valence-corrected chi connectivity index (χ2v) is 8.02. The van der Waals surface area contributed by atoms with E-state index in [-0.39, 0.29) is 17.7 Å². The third-order valence-electron chi connectivity index (χ3n) is 4.23. The van der Waals surface area contributed by atoms with E-state index in [0.717, 1.165) is 11.1 Å². The zero-order valence-electron chi connectivity index (χ0n) is 14.6. The second-order valence-electron chi connectivity index (χ2n) is 6.14. The average Bonchev–Trinajstić information content (AvgIpc) is 3.18. The summed E-state index contributed by atoms with van der Waals surface area (Å²) in [5, 5.41) is 14.6. The van der Waals surface area contributed by atoms with E-state index in [1.54, 1.807) is 18.3 Å². The fraction of sp³-hybridized carbons (Fsp3) is 0.100. The van der Waals surface area contributed by atoms with Gasteiger partial charge in [0, 0.05) is 13.1 Å². The van der Waals surface area contributed by atoms with Crippen LogP contribution in [0, 0.1) is 0 Å². The molecule has 0 aliphatic heterocycles. The quantitative estimate of drug-likeness (QED) is 0.409. The summed E-state index contributed by atoms with van der Waals surface area (Å²) in [5.41, 5.74) is 7.42. The Bertz CT molecular complexity index is 1200. The molecule has 0 saturated carbocycles. The Morgan fingerprint density at radius 1 is 1.21 bits per heavy atom. The van der Waals surface area contributed by atoms with Crippen LogP contribution in [-0.4, -0.2) is 10.1 Å². The number of halogens is 1. The molecule has 8 heteroatoms. The van der Waals surface area contributed by atoms with E-state index in [2.05, 4.69) is 26.2 Å². The number of nitrogens with two attached hydrogens (primary N) is 1. The summed E-state index contributed by atoms with van der Waals surface area (Å²) in [6.07, 6.45) is 1.57. The maximum atomic E-state index is 12.7. The van der Waals surface area contributed by atoms with Crippen molar-refractivity contribution >= 4 is 43.4 Å². The summed E-state index contributed by atoms with van der Waals surface area (Å²) >= 11 is 4.72. The van der Waals surface area contributed by atoms with E-state index in [9.17, 15) is 9.90 Å². The van der Waals surface area contributed by atoms with Crippen molar-refractivity contribution in [3.8, 4) is 16.4 Å². The molecule has 0 bridgehead atoms. The van der Waals surface area contributed by atoms with Gasteiger partial charge in [-0.25, -0.2) is 4.98 Å². The highest BCUT2D eigenvalue weighted by atomic mass is 79.9. The molecule has 2 aromatic carbocycles. The first-order valence-corrected chi connectivity index (χ1v) is 10.1. The minimum Gasteiger partial charge on any atom is -0.501 e. The number of nitrogens with zero attached hydrogens (tertiary/aromatic N) is 1. The van der Waals surface area contributed by atoms with E-state index >= 15 is 0 Å². The van der Waals surface area contributed by atoms with E-state index in [1.165, 1.54) is 11.3 Å². The Morgan fingerprint density at radius 2 is 2.00 bits per heavy atom. The summed E-state index contributed by atoms with van der Waals surface area (Å²) in [7, 11) is 0. The van der Waals surface area contributed by atoms with Gasteiger partial charge in [-0.2, -0.15) is 0 Å². The molecular formula is C20H16BrN3O3S. The van der Waals surface area contributed by atoms with Gasteiger partial charge in [-0.3, -0.25) is 4.79 Å². The number of aromatic nitrogens is 1. The molecule has 0 amide bonds. The summed E-state index contributed by atoms with van der Waals surface area (Å²) in [6, 6.07) is 13.4. The number of aromatic hydroxyl groups is 1. The van der Waals surface area contributed by atoms with E-state index in [1.807, 2.05) is 30.3 Å². The molecule has 0 spiro atoms. The van der Waals surface area contributed by atoms with Crippen LogP contribution in [0.1, 0.15) is 11.1 Å². The van der Waals surface area contributed by atoms with Crippen LogP contribution in [0.5, 0.6) is 5.75 Å². The predicted octanol–water partition coefficient (Wildman–Crippen LogP) is 4.46. The standard InChI is InChI=1S/C20H16BrN3O3S/c21-14-7-12(8-22)6-13-16(25)17(26)19(27-18(13)14)15-10-24-20(28-15)23-9-11-4-2-1-3-5-11/h1-7,10,26H,8-9,22H2,(H,23,24). The summed E-state index contributed by atoms with van der Waals surface area (Å²) < 4.78 is 6.48. The lowest BCUT2D eigenvalue weighted by Gasteiger charge is -2.07. The monoisotopic (exact) mass is 457 g/mol. The van der Waals surface area contributed by atoms with Crippen molar-refractivity contribution in [1.29, 1.82) is 0 Å². The molecule has 0 atom stereocenters. The summed E-state index contributed by atoms with van der Waals surface area (Å²) in [6.45, 7) is 0.899. The molecule has 0 saturated heterocycles. The smallest absolute Gasteiger partial charge is 0.235 e. The molecule has 2 aromatic heterocycles. The third-order valence-corrected chi connectivity index (χ3v) is 5.78. The molecule has 0 radical (unpaired) electrons. The van der Waals surface area contributed by atoms with Gasteiger partial charge in [0.05, 0.1) is 20.9 Å². The Kier molecular flexibility index (Phi) is 5.17. The highest BCUT2D eigenvalue weighted by Gasteiger charge is 2.19. The van der Waals surface area contributed by atoms with Crippen molar-refractivity contribution in [2.45, 2.75) is 13.1 Å². The van der Waals surface area contributed by atoms with Gasteiger partial charge in [0.25, 0.3) is 0 Å². The van der Waals surface area contributed by atoms with Gasteiger partial charge in [-0.1, -0.05) is 41.7 Å². The number of anilines is 1. The van der Waals surface area contributed by atoms with Crippen LogP contribution in [0.2, 0.25) is 0 Å². The fourth-order valence-corrected chi connectivity index (χ4v) is 4.21. The summed E-state index contributed by atoms with van der Waals surface area (Å²) in [5.74, 6) is -0.337. The van der Waals surface area contributed by atoms with Crippen molar-refractivity contribution in [3.63, 3.8) is 0 Å². The minimum absolute atomic E-state index is 0.101. The van der Waals surface area contributed by atoms with Crippen molar-refractivity contribution in [2.75, 3.05) is 5.32 Å². The van der Waals surface area contributed by atoms with Crippen LogP contribution in [-0.2, 0) is 13.1 Å². The SMILES string of the molecule is NCc1cc(Br)c2oc(-c3cnc(NCc4ccccc4)s3)c(O)c(=O)c2c1. The first kappa shape index (κ1) is 18.7. The van der Waals surface area contributed by atoms with Crippen molar-refractivity contribution < 1.29 is 9.52 Å². The Balaban J connectivity index is 1.70. The molecule has 0 fully saturated rings. The summed E-state index contributed by atoms with van der Waals surface area (Å²) in [4.78, 5) is 17.5. The Labute approximate surface area is 172 Å². The molecule has 0 aliphatic carbocycles. The lowest BCUT2D eigenvalue weighted by Crippen LogP contribution is -2.05. The zero-order chi connectivity index (χ0) is 19.7. The van der Waals surface area contributed by atoms with E-state index in [0.29, 0.717) is 26.6 Å². The number of fused-ring (bicyclic) bond motifs is 1. The average molecular weight is 458 g/mol. The number of hydrogen-bond donors (Lipinski definition) is 3. The van der Waals surface area contributed by atoms with Crippen molar-refractivity contribution in [2.24, 2.45) is 5.73 Å². The molecule has 0 aliphatic rings. The van der Waals surface area contributed by atoms with Gasteiger partial charge >= 0.3 is 0 Å². The largest absolute Gasteiger partial charge is 0.501 e. The number of hydrogen-bond acceptors (Lipinski definition) is 7. The molecule has 4 N–H and O–H groups in total. The molecule has 4 aromatic rings. The maximum absolute atomic E-state index is 12.7. The molecule has 28 heavy (non-hydrogen) atoms.